The molecule has 0 aliphatic heterocycles. The van der Waals surface area contributed by atoms with E-state index in [1.807, 2.05) is 30.3 Å². The van der Waals surface area contributed by atoms with E-state index in [0.717, 1.165) is 5.56 Å². The van der Waals surface area contributed by atoms with Crippen LogP contribution in [0.15, 0.2) is 77.2 Å². The number of fused-ring (bicyclic) bond motifs is 1. The zero-order valence-corrected chi connectivity index (χ0v) is 16.3. The molecule has 0 saturated heterocycles. The molecule has 0 spiro atoms. The van der Waals surface area contributed by atoms with Crippen molar-refractivity contribution in [2.45, 2.75) is 13.1 Å². The number of halogens is 2. The summed E-state index contributed by atoms with van der Waals surface area (Å²) >= 11 is 12.3. The van der Waals surface area contributed by atoms with E-state index in [0.29, 0.717) is 39.1 Å². The number of carbonyl (C=O) groups excluding carboxylic acids is 1. The highest BCUT2D eigenvalue weighted by molar-refractivity contribution is 6.33. The lowest BCUT2D eigenvalue weighted by Gasteiger charge is -2.22. The van der Waals surface area contributed by atoms with E-state index in [9.17, 15) is 4.79 Å². The Balaban J connectivity index is 1.67. The van der Waals surface area contributed by atoms with Crippen LogP contribution in [0.1, 0.15) is 21.8 Å². The molecule has 4 aromatic rings. The molecule has 3 aromatic carbocycles. The first-order valence-corrected chi connectivity index (χ1v) is 9.48. The maximum Gasteiger partial charge on any atom is 0.256 e. The van der Waals surface area contributed by atoms with Crippen LogP contribution in [0.3, 0.4) is 0 Å². The number of nitrogens with zero attached hydrogens (tertiary/aromatic N) is 2. The van der Waals surface area contributed by atoms with Gasteiger partial charge in [-0.1, -0.05) is 65.7 Å². The summed E-state index contributed by atoms with van der Waals surface area (Å²) in [6.07, 6.45) is 0. The van der Waals surface area contributed by atoms with Crippen molar-refractivity contribution < 1.29 is 9.21 Å². The fourth-order valence-corrected chi connectivity index (χ4v) is 3.37. The highest BCUT2D eigenvalue weighted by Crippen LogP contribution is 2.23. The normalized spacial score (nSPS) is 10.9. The number of aromatic nitrogens is 1. The third-order valence-electron chi connectivity index (χ3n) is 4.33. The molecule has 28 heavy (non-hydrogen) atoms. The number of rotatable bonds is 5. The van der Waals surface area contributed by atoms with Crippen molar-refractivity contribution in [1.82, 2.24) is 9.88 Å². The number of hydrogen-bond acceptors (Lipinski definition) is 3. The molecule has 4 rings (SSSR count). The van der Waals surface area contributed by atoms with Crippen LogP contribution >= 0.6 is 23.2 Å². The highest BCUT2D eigenvalue weighted by atomic mass is 35.5. The van der Waals surface area contributed by atoms with Gasteiger partial charge >= 0.3 is 0 Å². The molecule has 1 aromatic heterocycles. The summed E-state index contributed by atoms with van der Waals surface area (Å²) in [7, 11) is 0. The Hall–Kier alpha value is -2.82. The van der Waals surface area contributed by atoms with E-state index < -0.39 is 0 Å². The van der Waals surface area contributed by atoms with E-state index >= 15 is 0 Å². The summed E-state index contributed by atoms with van der Waals surface area (Å²) < 4.78 is 5.81. The second-order valence-corrected chi connectivity index (χ2v) is 7.19. The molecule has 0 saturated carbocycles. The van der Waals surface area contributed by atoms with Crippen LogP contribution < -0.4 is 0 Å². The molecule has 0 radical (unpaired) electrons. The number of oxazole rings is 1. The molecule has 6 heteroatoms. The van der Waals surface area contributed by atoms with Crippen LogP contribution in [-0.2, 0) is 13.1 Å². The zero-order chi connectivity index (χ0) is 19.5. The molecule has 0 bridgehead atoms. The van der Waals surface area contributed by atoms with Crippen molar-refractivity contribution in [2.24, 2.45) is 0 Å². The zero-order valence-electron chi connectivity index (χ0n) is 14.8. The van der Waals surface area contributed by atoms with E-state index in [1.54, 1.807) is 47.4 Å². The molecule has 0 aliphatic rings. The van der Waals surface area contributed by atoms with Gasteiger partial charge in [0.15, 0.2) is 5.58 Å². The topological polar surface area (TPSA) is 46.3 Å². The van der Waals surface area contributed by atoms with E-state index in [1.165, 1.54) is 0 Å². The Kier molecular flexibility index (Phi) is 5.33. The molecule has 140 valence electrons. The van der Waals surface area contributed by atoms with Crippen molar-refractivity contribution >= 4 is 40.2 Å². The maximum absolute atomic E-state index is 13.2. The Morgan fingerprint density at radius 1 is 0.929 bits per heavy atom. The largest absolute Gasteiger partial charge is 0.439 e. The molecule has 0 aliphatic carbocycles. The van der Waals surface area contributed by atoms with Gasteiger partial charge in [-0.05, 0) is 35.9 Å². The predicted molar refractivity (Wildman–Crippen MR) is 110 cm³/mol. The lowest BCUT2D eigenvalue weighted by molar-refractivity contribution is 0.0715. The summed E-state index contributed by atoms with van der Waals surface area (Å²) in [6, 6.07) is 22.0. The molecule has 0 unspecified atom stereocenters. The van der Waals surface area contributed by atoms with Gasteiger partial charge in [0.2, 0.25) is 5.89 Å². The summed E-state index contributed by atoms with van der Waals surface area (Å²) in [5, 5.41) is 0.996. The molecular formula is C22H16Cl2N2O2. The smallest absolute Gasteiger partial charge is 0.256 e. The maximum atomic E-state index is 13.2. The van der Waals surface area contributed by atoms with E-state index in [2.05, 4.69) is 4.98 Å². The third kappa shape index (κ3) is 4.03. The first kappa shape index (κ1) is 18.5. The number of amides is 1. The van der Waals surface area contributed by atoms with Gasteiger partial charge in [0.1, 0.15) is 5.52 Å². The van der Waals surface area contributed by atoms with Crippen LogP contribution in [0.4, 0.5) is 0 Å². The predicted octanol–water partition coefficient (Wildman–Crippen LogP) is 5.98. The Bertz CT molecular complexity index is 1130. The molecule has 0 N–H and O–H groups in total. The minimum Gasteiger partial charge on any atom is -0.439 e. The van der Waals surface area contributed by atoms with E-state index in [-0.39, 0.29) is 12.5 Å². The lowest BCUT2D eigenvalue weighted by atomic mass is 10.1. The van der Waals surface area contributed by atoms with Crippen molar-refractivity contribution in [3.05, 3.63) is 99.9 Å². The third-order valence-corrected chi connectivity index (χ3v) is 4.89. The summed E-state index contributed by atoms with van der Waals surface area (Å²) in [4.78, 5) is 19.3. The van der Waals surface area contributed by atoms with Gasteiger partial charge in [-0.3, -0.25) is 4.79 Å². The van der Waals surface area contributed by atoms with Crippen LogP contribution in [-0.4, -0.2) is 15.8 Å². The Morgan fingerprint density at radius 3 is 2.46 bits per heavy atom. The van der Waals surface area contributed by atoms with Gasteiger partial charge in [-0.15, -0.1) is 0 Å². The van der Waals surface area contributed by atoms with Crippen molar-refractivity contribution in [3.8, 4) is 0 Å². The first-order chi connectivity index (χ1) is 13.6. The standard InChI is InChI=1S/C22H16Cl2N2O2/c23-16-10-11-20-19(12-16)25-21(28-20)14-26(13-15-6-2-1-3-7-15)22(27)17-8-4-5-9-18(17)24/h1-12H,13-14H2. The van der Waals surface area contributed by atoms with Gasteiger partial charge < -0.3 is 9.32 Å². The van der Waals surface area contributed by atoms with Gasteiger partial charge in [0.05, 0.1) is 17.1 Å². The minimum absolute atomic E-state index is 0.185. The quantitative estimate of drug-likeness (QED) is 0.406. The van der Waals surface area contributed by atoms with Gasteiger partial charge in [-0.2, -0.15) is 0 Å². The molecular weight excluding hydrogens is 395 g/mol. The van der Waals surface area contributed by atoms with Crippen LogP contribution in [0.2, 0.25) is 10.0 Å². The highest BCUT2D eigenvalue weighted by Gasteiger charge is 2.21. The van der Waals surface area contributed by atoms with Crippen molar-refractivity contribution in [2.75, 3.05) is 0 Å². The number of carbonyl (C=O) groups is 1. The second kappa shape index (κ2) is 8.05. The summed E-state index contributed by atoms with van der Waals surface area (Å²) in [5.74, 6) is 0.253. The fourth-order valence-electron chi connectivity index (χ4n) is 2.99. The Labute approximate surface area is 172 Å². The SMILES string of the molecule is O=C(c1ccccc1Cl)N(Cc1ccccc1)Cc1nc2cc(Cl)ccc2o1. The van der Waals surface area contributed by atoms with E-state index in [4.69, 9.17) is 27.6 Å². The van der Waals surface area contributed by atoms with Gasteiger partial charge in [-0.25, -0.2) is 4.98 Å². The van der Waals surface area contributed by atoms with Gasteiger partial charge in [0, 0.05) is 11.6 Å². The molecule has 1 heterocycles. The number of hydrogen-bond donors (Lipinski definition) is 0. The van der Waals surface area contributed by atoms with Gasteiger partial charge in [0.25, 0.3) is 5.91 Å². The average Bonchev–Trinajstić information content (AvgIpc) is 3.09. The van der Waals surface area contributed by atoms with Crippen molar-refractivity contribution in [1.29, 1.82) is 0 Å². The number of benzene rings is 3. The second-order valence-electron chi connectivity index (χ2n) is 6.35. The molecule has 1 amide bonds. The average molecular weight is 411 g/mol. The fraction of sp³-hybridized carbons (Fsp3) is 0.0909. The molecule has 0 fully saturated rings. The molecule has 0 atom stereocenters. The van der Waals surface area contributed by atoms with Crippen molar-refractivity contribution in [3.63, 3.8) is 0 Å². The molecule has 4 nitrogen and oxygen atoms in total. The van der Waals surface area contributed by atoms with Crippen LogP contribution in [0.25, 0.3) is 11.1 Å². The van der Waals surface area contributed by atoms with Crippen LogP contribution in [0, 0.1) is 0 Å². The van der Waals surface area contributed by atoms with Crippen LogP contribution in [0.5, 0.6) is 0 Å². The summed E-state index contributed by atoms with van der Waals surface area (Å²) in [6.45, 7) is 0.621. The monoisotopic (exact) mass is 410 g/mol. The Morgan fingerprint density at radius 2 is 1.68 bits per heavy atom. The summed E-state index contributed by atoms with van der Waals surface area (Å²) in [5.41, 5.74) is 2.73. The lowest BCUT2D eigenvalue weighted by Crippen LogP contribution is -2.30. The minimum atomic E-state index is -0.185. The first-order valence-electron chi connectivity index (χ1n) is 8.73.